The second kappa shape index (κ2) is 5.14. The van der Waals surface area contributed by atoms with Crippen molar-refractivity contribution in [1.82, 2.24) is 0 Å². The van der Waals surface area contributed by atoms with Crippen LogP contribution in [0.25, 0.3) is 0 Å². The van der Waals surface area contributed by atoms with Gasteiger partial charge >= 0.3 is 0 Å². The topological polar surface area (TPSA) is 67.8 Å². The van der Waals surface area contributed by atoms with E-state index in [0.717, 1.165) is 0 Å². The zero-order chi connectivity index (χ0) is 13.3. The van der Waals surface area contributed by atoms with Crippen LogP contribution < -0.4 is 4.74 Å². The van der Waals surface area contributed by atoms with Crippen LogP contribution in [-0.4, -0.2) is 21.2 Å². The third-order valence-corrected chi connectivity index (χ3v) is 2.98. The maximum absolute atomic E-state index is 10.4. The van der Waals surface area contributed by atoms with Crippen molar-refractivity contribution in [2.24, 2.45) is 0 Å². The highest BCUT2D eigenvalue weighted by molar-refractivity contribution is 7.74. The molecule has 0 radical (unpaired) electrons. The van der Waals surface area contributed by atoms with Gasteiger partial charge in [0.2, 0.25) is 5.79 Å². The lowest BCUT2D eigenvalue weighted by Gasteiger charge is -2.37. The zero-order valence-electron chi connectivity index (χ0n) is 9.84. The lowest BCUT2D eigenvalue weighted by molar-refractivity contribution is -0.212. The molecule has 2 rings (SSSR count). The molecular formula is C11H12ClO5S-. The van der Waals surface area contributed by atoms with E-state index in [0.29, 0.717) is 16.3 Å². The predicted octanol–water partition coefficient (Wildman–Crippen LogP) is 2.34. The molecule has 0 bridgehead atoms. The summed E-state index contributed by atoms with van der Waals surface area (Å²) in [6.45, 7) is 3.37. The Hall–Kier alpha value is -0.660. The molecule has 18 heavy (non-hydrogen) atoms. The second-order valence-electron chi connectivity index (χ2n) is 4.28. The smallest absolute Gasteiger partial charge is 0.205 e. The lowest BCUT2D eigenvalue weighted by atomic mass is 10.1. The quantitative estimate of drug-likeness (QED) is 0.800. The molecule has 1 heterocycles. The first-order valence-corrected chi connectivity index (χ1v) is 6.64. The van der Waals surface area contributed by atoms with E-state index >= 15 is 0 Å². The van der Waals surface area contributed by atoms with E-state index in [2.05, 4.69) is 4.18 Å². The Labute approximate surface area is 112 Å². The first-order valence-electron chi connectivity index (χ1n) is 5.26. The van der Waals surface area contributed by atoms with Crippen molar-refractivity contribution in [1.29, 1.82) is 0 Å². The minimum absolute atomic E-state index is 0.115. The summed E-state index contributed by atoms with van der Waals surface area (Å²) in [4.78, 5) is 0. The average molecular weight is 292 g/mol. The van der Waals surface area contributed by atoms with Crippen molar-refractivity contribution in [3.63, 3.8) is 0 Å². The van der Waals surface area contributed by atoms with Crippen molar-refractivity contribution < 1.29 is 22.4 Å². The van der Waals surface area contributed by atoms with Crippen molar-refractivity contribution in [2.45, 2.75) is 25.7 Å². The van der Waals surface area contributed by atoms with Gasteiger partial charge in [-0.1, -0.05) is 11.6 Å². The molecule has 0 saturated heterocycles. The average Bonchev–Trinajstić information content (AvgIpc) is 2.26. The van der Waals surface area contributed by atoms with Crippen LogP contribution in [0.3, 0.4) is 0 Å². The first kappa shape index (κ1) is 13.8. The van der Waals surface area contributed by atoms with Crippen molar-refractivity contribution in [2.75, 3.05) is 6.61 Å². The summed E-state index contributed by atoms with van der Waals surface area (Å²) in [6, 6.07) is 5.10. The molecule has 0 spiro atoms. The molecule has 100 valence electrons. The molecule has 1 aliphatic heterocycles. The van der Waals surface area contributed by atoms with Gasteiger partial charge in [-0.25, -0.2) is 4.21 Å². The van der Waals surface area contributed by atoms with E-state index in [1.807, 2.05) is 0 Å². The second-order valence-corrected chi connectivity index (χ2v) is 5.36. The number of benzene rings is 1. The molecule has 1 unspecified atom stereocenters. The molecule has 0 N–H and O–H groups in total. The van der Waals surface area contributed by atoms with Crippen molar-refractivity contribution in [3.05, 3.63) is 28.8 Å². The number of fused-ring (bicyclic) bond motifs is 1. The summed E-state index contributed by atoms with van der Waals surface area (Å²) in [6.07, 6.45) is -0.541. The third-order valence-electron chi connectivity index (χ3n) is 2.42. The molecule has 7 heteroatoms. The standard InChI is InChI=1S/C11H13ClO5S/c1-11(2)16-9-4-3-7(12)5-8(9)10(17-11)6-15-18(13)14/h3-5,10H,6H2,1-2H3,(H,13,14)/p-1/t10-/m0/s1. The molecule has 0 saturated carbocycles. The van der Waals surface area contributed by atoms with Gasteiger partial charge in [0.05, 0.1) is 18.0 Å². The molecule has 1 aromatic carbocycles. The van der Waals surface area contributed by atoms with E-state index < -0.39 is 23.3 Å². The van der Waals surface area contributed by atoms with Gasteiger partial charge < -0.3 is 14.0 Å². The SMILES string of the molecule is CC1(C)Oc2ccc(Cl)cc2[C@H](COS(=O)[O-])O1. The van der Waals surface area contributed by atoms with Crippen LogP contribution in [-0.2, 0) is 20.3 Å². The maximum Gasteiger partial charge on any atom is 0.205 e. The van der Waals surface area contributed by atoms with Crippen LogP contribution in [0, 0.1) is 0 Å². The number of ether oxygens (including phenoxy) is 2. The van der Waals surface area contributed by atoms with Gasteiger partial charge in [0, 0.05) is 24.4 Å². The fourth-order valence-corrected chi connectivity index (χ4v) is 2.22. The first-order chi connectivity index (χ1) is 8.37. The van der Waals surface area contributed by atoms with E-state index in [9.17, 15) is 8.76 Å². The summed E-state index contributed by atoms with van der Waals surface area (Å²) >= 11 is 3.32. The van der Waals surface area contributed by atoms with Crippen LogP contribution >= 0.6 is 11.6 Å². The largest absolute Gasteiger partial charge is 0.750 e. The summed E-state index contributed by atoms with van der Waals surface area (Å²) in [5.41, 5.74) is 0.673. The van der Waals surface area contributed by atoms with Gasteiger partial charge in [-0.3, -0.25) is 4.18 Å². The van der Waals surface area contributed by atoms with Gasteiger partial charge in [0.1, 0.15) is 11.9 Å². The van der Waals surface area contributed by atoms with Crippen molar-refractivity contribution in [3.8, 4) is 5.75 Å². The molecule has 0 fully saturated rings. The van der Waals surface area contributed by atoms with Gasteiger partial charge in [-0.05, 0) is 18.2 Å². The Morgan fingerprint density at radius 3 is 2.94 bits per heavy atom. The highest BCUT2D eigenvalue weighted by Crippen LogP contribution is 2.39. The molecule has 1 aliphatic rings. The molecule has 5 nitrogen and oxygen atoms in total. The summed E-state index contributed by atoms with van der Waals surface area (Å²) in [5, 5.41) is 0.522. The van der Waals surface area contributed by atoms with Crippen LogP contribution in [0.5, 0.6) is 5.75 Å². The van der Waals surface area contributed by atoms with Gasteiger partial charge in [0.25, 0.3) is 0 Å². The molecule has 0 aliphatic carbocycles. The Balaban J connectivity index is 2.29. The number of hydrogen-bond donors (Lipinski definition) is 0. The highest BCUT2D eigenvalue weighted by Gasteiger charge is 2.34. The highest BCUT2D eigenvalue weighted by atomic mass is 35.5. The van der Waals surface area contributed by atoms with Crippen LogP contribution in [0.1, 0.15) is 25.5 Å². The fourth-order valence-electron chi connectivity index (χ4n) is 1.80. The third kappa shape index (κ3) is 3.21. The van der Waals surface area contributed by atoms with Gasteiger partial charge in [-0.2, -0.15) is 0 Å². The molecule has 0 aromatic heterocycles. The Kier molecular flexibility index (Phi) is 3.93. The number of halogens is 1. The fraction of sp³-hybridized carbons (Fsp3) is 0.455. The Morgan fingerprint density at radius 2 is 2.28 bits per heavy atom. The monoisotopic (exact) mass is 291 g/mol. The van der Waals surface area contributed by atoms with E-state index in [4.69, 9.17) is 21.1 Å². The van der Waals surface area contributed by atoms with Crippen LogP contribution in [0.2, 0.25) is 5.02 Å². The normalized spacial score (nSPS) is 23.0. The van der Waals surface area contributed by atoms with Crippen molar-refractivity contribution >= 4 is 23.0 Å². The van der Waals surface area contributed by atoms with Gasteiger partial charge in [-0.15, -0.1) is 0 Å². The summed E-state index contributed by atoms with van der Waals surface area (Å²) in [7, 11) is 0. The molecule has 0 amide bonds. The van der Waals surface area contributed by atoms with E-state index in [1.165, 1.54) is 0 Å². The van der Waals surface area contributed by atoms with Gasteiger partial charge in [0.15, 0.2) is 0 Å². The zero-order valence-corrected chi connectivity index (χ0v) is 11.4. The predicted molar refractivity (Wildman–Crippen MR) is 64.9 cm³/mol. The molecule has 1 aromatic rings. The minimum atomic E-state index is -2.58. The number of rotatable bonds is 3. The minimum Gasteiger partial charge on any atom is -0.750 e. The lowest BCUT2D eigenvalue weighted by Crippen LogP contribution is -2.39. The summed E-state index contributed by atoms with van der Waals surface area (Å²) in [5.74, 6) is -0.236. The number of hydrogen-bond acceptors (Lipinski definition) is 5. The maximum atomic E-state index is 10.4. The Morgan fingerprint density at radius 1 is 1.56 bits per heavy atom. The van der Waals surface area contributed by atoms with Crippen LogP contribution in [0.15, 0.2) is 18.2 Å². The van der Waals surface area contributed by atoms with Crippen LogP contribution in [0.4, 0.5) is 0 Å². The summed E-state index contributed by atoms with van der Waals surface area (Å²) < 4.78 is 36.7. The van der Waals surface area contributed by atoms with E-state index in [1.54, 1.807) is 32.0 Å². The Bertz CT molecular complexity index is 477. The molecular weight excluding hydrogens is 280 g/mol. The molecule has 2 atom stereocenters. The van der Waals surface area contributed by atoms with E-state index in [-0.39, 0.29) is 6.61 Å².